The number of aliphatic hydroxyl groups is 3. The van der Waals surface area contributed by atoms with Crippen LogP contribution in [0.15, 0.2) is 12.1 Å². The average molecular weight is 502 g/mol. The van der Waals surface area contributed by atoms with Crippen LogP contribution in [0.2, 0.25) is 0 Å². The number of aliphatic hydroxyl groups excluding tert-OH is 2. The normalized spacial score (nSPS) is 40.0. The molecule has 8 atom stereocenters. The molecule has 0 bridgehead atoms. The Morgan fingerprint density at radius 3 is 2.39 bits per heavy atom. The third kappa shape index (κ3) is 3.33. The van der Waals surface area contributed by atoms with Crippen LogP contribution in [0.25, 0.3) is 0 Å². The van der Waals surface area contributed by atoms with E-state index in [0.717, 1.165) is 30.4 Å². The van der Waals surface area contributed by atoms with E-state index in [9.17, 15) is 34.8 Å². The molecule has 0 aliphatic heterocycles. The summed E-state index contributed by atoms with van der Waals surface area (Å²) in [5.74, 6) is -6.73. The van der Waals surface area contributed by atoms with Gasteiger partial charge in [0, 0.05) is 5.41 Å². The summed E-state index contributed by atoms with van der Waals surface area (Å²) in [5, 5.41) is 45.7. The lowest BCUT2D eigenvalue weighted by Gasteiger charge is -2.66. The lowest BCUT2D eigenvalue weighted by atomic mass is 9.39. The predicted octanol–water partition coefficient (Wildman–Crippen LogP) is 1.92. The summed E-state index contributed by atoms with van der Waals surface area (Å²) in [4.78, 5) is 39.9. The van der Waals surface area contributed by atoms with Gasteiger partial charge in [0.25, 0.3) is 0 Å². The second kappa shape index (κ2) is 8.64. The van der Waals surface area contributed by atoms with Gasteiger partial charge in [-0.15, -0.1) is 0 Å². The van der Waals surface area contributed by atoms with Gasteiger partial charge >= 0.3 is 0 Å². The molecule has 1 aromatic carbocycles. The van der Waals surface area contributed by atoms with Crippen molar-refractivity contribution in [3.05, 3.63) is 28.8 Å². The number of aromatic hydroxyl groups is 1. The van der Waals surface area contributed by atoms with Crippen LogP contribution in [0.1, 0.15) is 75.4 Å². The molecule has 0 radical (unpaired) electrons. The summed E-state index contributed by atoms with van der Waals surface area (Å²) in [5.41, 5.74) is 2.64. The van der Waals surface area contributed by atoms with Crippen molar-refractivity contribution in [2.45, 2.75) is 84.5 Å². The fraction of sp³-hybridized carbons (Fsp3) is 0.679. The smallest absolute Gasteiger partial charge is 0.230 e. The van der Waals surface area contributed by atoms with E-state index in [-0.39, 0.29) is 23.7 Å². The van der Waals surface area contributed by atoms with Gasteiger partial charge in [0.1, 0.15) is 17.8 Å². The molecule has 3 aliphatic carbocycles. The van der Waals surface area contributed by atoms with Crippen LogP contribution in [0.3, 0.4) is 0 Å². The summed E-state index contributed by atoms with van der Waals surface area (Å²) >= 11 is 0. The molecule has 0 spiro atoms. The fourth-order valence-corrected chi connectivity index (χ4v) is 8.20. The van der Waals surface area contributed by atoms with Crippen molar-refractivity contribution < 1.29 is 34.8 Å². The number of Topliss-reactive ketones (excluding diaryl/α,β-unsaturated/α-hetero) is 2. The van der Waals surface area contributed by atoms with Crippen LogP contribution in [0.4, 0.5) is 0 Å². The summed E-state index contributed by atoms with van der Waals surface area (Å²) in [7, 11) is 0. The molecule has 1 amide bonds. The van der Waals surface area contributed by atoms with Gasteiger partial charge < -0.3 is 26.2 Å². The highest BCUT2D eigenvalue weighted by Gasteiger charge is 2.75. The van der Waals surface area contributed by atoms with Crippen molar-refractivity contribution in [1.29, 1.82) is 0 Å². The minimum Gasteiger partial charge on any atom is -0.507 e. The number of carbonyl (C=O) groups is 3. The van der Waals surface area contributed by atoms with E-state index in [1.54, 1.807) is 6.92 Å². The summed E-state index contributed by atoms with van der Waals surface area (Å²) in [6.45, 7) is 9.27. The number of primary amides is 1. The third-order valence-electron chi connectivity index (χ3n) is 9.56. The van der Waals surface area contributed by atoms with Crippen molar-refractivity contribution >= 4 is 17.5 Å². The van der Waals surface area contributed by atoms with Gasteiger partial charge in [-0.3, -0.25) is 14.4 Å². The molecule has 4 rings (SSSR count). The number of benzene rings is 1. The minimum atomic E-state index is -2.48. The van der Waals surface area contributed by atoms with Crippen molar-refractivity contribution in [3.63, 3.8) is 0 Å². The van der Waals surface area contributed by atoms with Crippen LogP contribution >= 0.6 is 0 Å². The molecule has 3 aliphatic rings. The number of nitrogens with two attached hydrogens (primary N) is 1. The molecule has 6 N–H and O–H groups in total. The fourth-order valence-electron chi connectivity index (χ4n) is 8.20. The first kappa shape index (κ1) is 26.8. The first-order chi connectivity index (χ1) is 16.7. The molecule has 8 nitrogen and oxygen atoms in total. The van der Waals surface area contributed by atoms with E-state index in [1.807, 2.05) is 26.8 Å². The largest absolute Gasteiger partial charge is 0.507 e. The summed E-state index contributed by atoms with van der Waals surface area (Å²) in [6.07, 6.45) is -0.136. The lowest BCUT2D eigenvalue weighted by Crippen LogP contribution is -2.79. The van der Waals surface area contributed by atoms with Crippen LogP contribution < -0.4 is 5.73 Å². The highest BCUT2D eigenvalue weighted by molar-refractivity contribution is 6.09. The number of amides is 1. The Balaban J connectivity index is 1.94. The van der Waals surface area contributed by atoms with Crippen molar-refractivity contribution in [2.24, 2.45) is 40.2 Å². The Hall–Kier alpha value is -2.29. The minimum absolute atomic E-state index is 0.132. The number of hydrogen-bond acceptors (Lipinski definition) is 7. The van der Waals surface area contributed by atoms with Gasteiger partial charge in [-0.2, -0.15) is 0 Å². The van der Waals surface area contributed by atoms with Crippen molar-refractivity contribution in [3.8, 4) is 5.75 Å². The second-order valence-corrected chi connectivity index (χ2v) is 12.2. The molecule has 2 unspecified atom stereocenters. The lowest BCUT2D eigenvalue weighted by molar-refractivity contribution is -0.265. The Morgan fingerprint density at radius 1 is 1.19 bits per heavy atom. The number of fused-ring (bicyclic) bond motifs is 3. The molecule has 2 saturated carbocycles. The number of hydrogen-bond donors (Lipinski definition) is 5. The number of unbranched alkanes of at least 4 members (excludes halogenated alkanes) is 1. The Morgan fingerprint density at radius 2 is 1.83 bits per heavy atom. The molecular weight excluding hydrogens is 462 g/mol. The molecule has 2 fully saturated rings. The van der Waals surface area contributed by atoms with Crippen molar-refractivity contribution in [2.75, 3.05) is 0 Å². The van der Waals surface area contributed by atoms with Gasteiger partial charge in [-0.05, 0) is 60.1 Å². The standard InChI is InChI=1S/C28H39NO7/c1-6-7-8-14-9-10-16(30)17-15(14)11-26(4)12-27(5)19(13(2)3)22(32)18(25(29)35)23(33)28(27,36)24(34)20(26)21(17)31/h9-10,13,18-20,22,24,30,32,34,36H,6-8,11-12H2,1-5H3,(H2,29,35)/t18-,19+,20-,22?,24?,26-,27-,28+/m1/s1. The van der Waals surface area contributed by atoms with Gasteiger partial charge in [0.2, 0.25) is 5.91 Å². The molecule has 0 saturated heterocycles. The van der Waals surface area contributed by atoms with Crippen LogP contribution in [-0.2, 0) is 22.4 Å². The van der Waals surface area contributed by atoms with Crippen LogP contribution in [-0.4, -0.2) is 55.7 Å². The molecule has 8 heteroatoms. The maximum absolute atomic E-state index is 14.0. The Bertz CT molecular complexity index is 1120. The van der Waals surface area contributed by atoms with Crippen LogP contribution in [0, 0.1) is 34.5 Å². The molecule has 1 aromatic rings. The molecule has 0 aromatic heterocycles. The molecule has 0 heterocycles. The van der Waals surface area contributed by atoms with Gasteiger partial charge in [0.05, 0.1) is 17.6 Å². The van der Waals surface area contributed by atoms with E-state index in [0.29, 0.717) is 6.42 Å². The average Bonchev–Trinajstić information content (AvgIpc) is 2.75. The van der Waals surface area contributed by atoms with E-state index < -0.39 is 63.9 Å². The first-order valence-corrected chi connectivity index (χ1v) is 13.0. The van der Waals surface area contributed by atoms with E-state index in [4.69, 9.17) is 5.73 Å². The van der Waals surface area contributed by atoms with Crippen LogP contribution in [0.5, 0.6) is 5.75 Å². The third-order valence-corrected chi connectivity index (χ3v) is 9.56. The maximum Gasteiger partial charge on any atom is 0.230 e. The highest BCUT2D eigenvalue weighted by Crippen LogP contribution is 2.65. The quantitative estimate of drug-likeness (QED) is 0.386. The number of carbonyl (C=O) groups excluding carboxylic acids is 3. The molecule has 36 heavy (non-hydrogen) atoms. The zero-order valence-corrected chi connectivity index (χ0v) is 21.7. The summed E-state index contributed by atoms with van der Waals surface area (Å²) in [6, 6.07) is 3.32. The predicted molar refractivity (Wildman–Crippen MR) is 132 cm³/mol. The van der Waals surface area contributed by atoms with E-state index in [1.165, 1.54) is 6.07 Å². The Kier molecular flexibility index (Phi) is 6.42. The number of phenols is 1. The number of rotatable bonds is 5. The zero-order chi connectivity index (χ0) is 27.0. The van der Waals surface area contributed by atoms with Gasteiger partial charge in [0.15, 0.2) is 17.2 Å². The zero-order valence-electron chi connectivity index (χ0n) is 21.7. The monoisotopic (exact) mass is 501 g/mol. The highest BCUT2D eigenvalue weighted by atomic mass is 16.4. The van der Waals surface area contributed by atoms with Gasteiger partial charge in [-0.25, -0.2) is 0 Å². The first-order valence-electron chi connectivity index (χ1n) is 13.0. The number of aryl methyl sites for hydroxylation is 1. The molecule has 198 valence electrons. The number of ketones is 2. The van der Waals surface area contributed by atoms with E-state index in [2.05, 4.69) is 6.92 Å². The molecular formula is C28H39NO7. The van der Waals surface area contributed by atoms with E-state index >= 15 is 0 Å². The number of phenolic OH excluding ortho intramolecular Hbond substituents is 1. The van der Waals surface area contributed by atoms with Gasteiger partial charge in [-0.1, -0.05) is 47.1 Å². The SMILES string of the molecule is CCCCc1ccc(O)c2c1C[C@]1(C)C[C@]3(C)[C@@H](C(C)C)C(O)[C@@H](C(N)=O)C(=O)[C@]3(O)C(O)[C@H]1C2=O. The topological polar surface area (TPSA) is 158 Å². The Labute approximate surface area is 211 Å². The van der Waals surface area contributed by atoms with Crippen molar-refractivity contribution in [1.82, 2.24) is 0 Å². The summed E-state index contributed by atoms with van der Waals surface area (Å²) < 4.78 is 0. The second-order valence-electron chi connectivity index (χ2n) is 12.2. The maximum atomic E-state index is 14.0.